The summed E-state index contributed by atoms with van der Waals surface area (Å²) in [7, 11) is 0. The van der Waals surface area contributed by atoms with Gasteiger partial charge in [-0.15, -0.1) is 0 Å². The predicted molar refractivity (Wildman–Crippen MR) is 64.8 cm³/mol. The number of halogens is 3. The van der Waals surface area contributed by atoms with E-state index in [1.54, 1.807) is 0 Å². The summed E-state index contributed by atoms with van der Waals surface area (Å²) in [4.78, 5) is 11.4. The third kappa shape index (κ3) is 5.04. The topological polar surface area (TPSA) is 54.3 Å². The number of hydrogen-bond acceptors (Lipinski definition) is 3. The van der Waals surface area contributed by atoms with E-state index in [-0.39, 0.29) is 19.1 Å². The number of alkyl halides is 3. The van der Waals surface area contributed by atoms with Gasteiger partial charge in [-0.25, -0.2) is 0 Å². The van der Waals surface area contributed by atoms with Crippen LogP contribution in [0, 0.1) is 0 Å². The second kappa shape index (κ2) is 6.21. The average molecular weight is 278 g/mol. The van der Waals surface area contributed by atoms with Crippen molar-refractivity contribution in [2.75, 3.05) is 6.54 Å². The van der Waals surface area contributed by atoms with E-state index < -0.39 is 23.4 Å². The van der Waals surface area contributed by atoms with Crippen LogP contribution in [0.15, 0.2) is 23.1 Å². The first kappa shape index (κ1) is 15.7. The van der Waals surface area contributed by atoms with Crippen molar-refractivity contribution in [1.29, 1.82) is 0 Å². The quantitative estimate of drug-likeness (QED) is 0.851. The minimum atomic E-state index is -4.50. The zero-order chi connectivity index (χ0) is 14.6. The molecule has 4 nitrogen and oxygen atoms in total. The Morgan fingerprint density at radius 3 is 2.53 bits per heavy atom. The number of aliphatic hydroxyl groups is 1. The van der Waals surface area contributed by atoms with Crippen molar-refractivity contribution in [2.24, 2.45) is 0 Å². The standard InChI is InChI=1S/C12H17F3N2O2/c1-8(2)16-5-10(18)7-17-6-9(12(13,14)15)3-4-11(17)19/h3-4,6,8,10,16,18H,5,7H2,1-2H3. The van der Waals surface area contributed by atoms with Gasteiger partial charge in [0.2, 0.25) is 0 Å². The lowest BCUT2D eigenvalue weighted by Gasteiger charge is -2.16. The monoisotopic (exact) mass is 278 g/mol. The van der Waals surface area contributed by atoms with Gasteiger partial charge in [-0.05, 0) is 6.07 Å². The molecule has 0 fully saturated rings. The summed E-state index contributed by atoms with van der Waals surface area (Å²) in [5.74, 6) is 0. The van der Waals surface area contributed by atoms with Crippen LogP contribution in [0.5, 0.6) is 0 Å². The number of nitrogens with one attached hydrogen (secondary N) is 1. The highest BCUT2D eigenvalue weighted by Crippen LogP contribution is 2.27. The van der Waals surface area contributed by atoms with Gasteiger partial charge in [-0.2, -0.15) is 13.2 Å². The maximum Gasteiger partial charge on any atom is 0.417 e. The minimum Gasteiger partial charge on any atom is -0.390 e. The van der Waals surface area contributed by atoms with Gasteiger partial charge in [0.1, 0.15) is 0 Å². The van der Waals surface area contributed by atoms with Crippen LogP contribution in [-0.4, -0.2) is 28.4 Å². The zero-order valence-corrected chi connectivity index (χ0v) is 10.7. The molecule has 2 N–H and O–H groups in total. The largest absolute Gasteiger partial charge is 0.417 e. The molecule has 1 aromatic rings. The number of nitrogens with zero attached hydrogens (tertiary/aromatic N) is 1. The molecule has 1 aromatic heterocycles. The maximum atomic E-state index is 12.5. The van der Waals surface area contributed by atoms with Gasteiger partial charge in [-0.1, -0.05) is 13.8 Å². The second-order valence-corrected chi connectivity index (χ2v) is 4.62. The summed E-state index contributed by atoms with van der Waals surface area (Å²) in [6.45, 7) is 3.79. The Labute approximate surface area is 108 Å². The summed E-state index contributed by atoms with van der Waals surface area (Å²) < 4.78 is 38.4. The Hall–Kier alpha value is -1.34. The Bertz CT molecular complexity index is 469. The van der Waals surface area contributed by atoms with Gasteiger partial charge in [-0.3, -0.25) is 4.79 Å². The molecule has 108 valence electrons. The first-order valence-electron chi connectivity index (χ1n) is 5.89. The zero-order valence-electron chi connectivity index (χ0n) is 10.7. The normalized spacial score (nSPS) is 13.8. The van der Waals surface area contributed by atoms with E-state index in [9.17, 15) is 23.1 Å². The van der Waals surface area contributed by atoms with Crippen LogP contribution in [0.1, 0.15) is 19.4 Å². The van der Waals surface area contributed by atoms with E-state index in [0.717, 1.165) is 22.9 Å². The molecule has 0 spiro atoms. The van der Waals surface area contributed by atoms with Gasteiger partial charge in [0.25, 0.3) is 5.56 Å². The van der Waals surface area contributed by atoms with Gasteiger partial charge in [0, 0.05) is 24.8 Å². The number of rotatable bonds is 5. The lowest BCUT2D eigenvalue weighted by molar-refractivity contribution is -0.138. The molecular formula is C12H17F3N2O2. The highest BCUT2D eigenvalue weighted by Gasteiger charge is 2.31. The number of aliphatic hydroxyl groups excluding tert-OH is 1. The van der Waals surface area contributed by atoms with Gasteiger partial charge in [0.05, 0.1) is 18.2 Å². The van der Waals surface area contributed by atoms with Crippen LogP contribution in [-0.2, 0) is 12.7 Å². The van der Waals surface area contributed by atoms with Gasteiger partial charge >= 0.3 is 6.18 Å². The van der Waals surface area contributed by atoms with Crippen molar-refractivity contribution in [3.8, 4) is 0 Å². The van der Waals surface area contributed by atoms with Crippen LogP contribution in [0.25, 0.3) is 0 Å². The third-order valence-electron chi connectivity index (χ3n) is 2.48. The fourth-order valence-corrected chi connectivity index (χ4v) is 1.51. The predicted octanol–water partition coefficient (Wildman–Crippen LogP) is 1.23. The molecule has 0 aromatic carbocycles. The van der Waals surface area contributed by atoms with Gasteiger partial charge in [0.15, 0.2) is 0 Å². The molecule has 0 aliphatic carbocycles. The molecule has 1 heterocycles. The molecule has 7 heteroatoms. The number of pyridine rings is 1. The van der Waals surface area contributed by atoms with E-state index in [2.05, 4.69) is 5.32 Å². The van der Waals surface area contributed by atoms with Crippen LogP contribution in [0.4, 0.5) is 13.2 Å². The van der Waals surface area contributed by atoms with Gasteiger partial charge < -0.3 is 15.0 Å². The minimum absolute atomic E-state index is 0.146. The molecule has 0 saturated carbocycles. The summed E-state index contributed by atoms with van der Waals surface area (Å²) in [6.07, 6.45) is -4.71. The molecule has 0 aliphatic heterocycles. The molecule has 1 rings (SSSR count). The highest BCUT2D eigenvalue weighted by atomic mass is 19.4. The Morgan fingerprint density at radius 1 is 1.37 bits per heavy atom. The fraction of sp³-hybridized carbons (Fsp3) is 0.583. The number of aromatic nitrogens is 1. The van der Waals surface area contributed by atoms with E-state index >= 15 is 0 Å². The van der Waals surface area contributed by atoms with Crippen molar-refractivity contribution in [3.05, 3.63) is 34.2 Å². The van der Waals surface area contributed by atoms with Crippen LogP contribution >= 0.6 is 0 Å². The first-order chi connectivity index (χ1) is 8.70. The summed E-state index contributed by atoms with van der Waals surface area (Å²) >= 11 is 0. The van der Waals surface area contributed by atoms with Crippen molar-refractivity contribution in [1.82, 2.24) is 9.88 Å². The van der Waals surface area contributed by atoms with Crippen molar-refractivity contribution in [2.45, 2.75) is 38.7 Å². The van der Waals surface area contributed by atoms with E-state index in [0.29, 0.717) is 0 Å². The molecule has 0 amide bonds. The lowest BCUT2D eigenvalue weighted by Crippen LogP contribution is -2.36. The molecule has 1 unspecified atom stereocenters. The fourth-order valence-electron chi connectivity index (χ4n) is 1.51. The second-order valence-electron chi connectivity index (χ2n) is 4.62. The lowest BCUT2D eigenvalue weighted by atomic mass is 10.2. The third-order valence-corrected chi connectivity index (χ3v) is 2.48. The highest BCUT2D eigenvalue weighted by molar-refractivity contribution is 5.13. The Kier molecular flexibility index (Phi) is 5.13. The Morgan fingerprint density at radius 2 is 2.00 bits per heavy atom. The summed E-state index contributed by atoms with van der Waals surface area (Å²) in [6, 6.07) is 1.73. The molecular weight excluding hydrogens is 261 g/mol. The van der Waals surface area contributed by atoms with E-state index in [4.69, 9.17) is 0 Å². The molecule has 0 saturated heterocycles. The van der Waals surface area contributed by atoms with Crippen molar-refractivity contribution in [3.63, 3.8) is 0 Å². The van der Waals surface area contributed by atoms with Crippen molar-refractivity contribution < 1.29 is 18.3 Å². The summed E-state index contributed by atoms with van der Waals surface area (Å²) in [5, 5.41) is 12.6. The SMILES string of the molecule is CC(C)NCC(O)Cn1cc(C(F)(F)F)ccc1=O. The first-order valence-corrected chi connectivity index (χ1v) is 5.89. The molecule has 0 bridgehead atoms. The molecule has 0 radical (unpaired) electrons. The number of hydrogen-bond donors (Lipinski definition) is 2. The maximum absolute atomic E-state index is 12.5. The van der Waals surface area contributed by atoms with E-state index in [1.807, 2.05) is 13.8 Å². The van der Waals surface area contributed by atoms with Crippen LogP contribution in [0.3, 0.4) is 0 Å². The van der Waals surface area contributed by atoms with Crippen molar-refractivity contribution >= 4 is 0 Å². The molecule has 19 heavy (non-hydrogen) atoms. The molecule has 0 aliphatic rings. The molecule has 1 atom stereocenters. The van der Waals surface area contributed by atoms with Crippen LogP contribution < -0.4 is 10.9 Å². The Balaban J connectivity index is 2.80. The average Bonchev–Trinajstić information content (AvgIpc) is 2.28. The summed E-state index contributed by atoms with van der Waals surface area (Å²) in [5.41, 5.74) is -1.48. The van der Waals surface area contributed by atoms with E-state index in [1.165, 1.54) is 0 Å². The smallest absolute Gasteiger partial charge is 0.390 e. The van der Waals surface area contributed by atoms with Crippen LogP contribution in [0.2, 0.25) is 0 Å².